The van der Waals surface area contributed by atoms with Crippen LogP contribution in [0.4, 0.5) is 19.4 Å². The van der Waals surface area contributed by atoms with Crippen molar-refractivity contribution in [3.8, 4) is 5.75 Å². The van der Waals surface area contributed by atoms with E-state index in [1.165, 1.54) is 0 Å². The Morgan fingerprint density at radius 2 is 1.33 bits per heavy atom. The summed E-state index contributed by atoms with van der Waals surface area (Å²) in [5, 5.41) is 0. The minimum Gasteiger partial charge on any atom is -0.423 e. The zero-order valence-corrected chi connectivity index (χ0v) is 13.9. The molecule has 0 spiro atoms. The summed E-state index contributed by atoms with van der Waals surface area (Å²) in [4.78, 5) is 10.2. The van der Waals surface area contributed by atoms with Crippen LogP contribution in [0, 0.1) is 20.8 Å². The maximum absolute atomic E-state index is 12.6. The molecule has 0 aliphatic heterocycles. The molecule has 8 heteroatoms. The van der Waals surface area contributed by atoms with Gasteiger partial charge in [-0.15, -0.1) is 0 Å². The number of esters is 1. The maximum Gasteiger partial charge on any atom is 0.344 e. The first kappa shape index (κ1) is 18.3. The monoisotopic (exact) mass is 366 g/mol. The normalized spacial score (nSPS) is 14.7. The molecular weight excluding hydrogens is 351 g/mol. The highest BCUT2D eigenvalue weighted by Crippen LogP contribution is 3.02. The van der Waals surface area contributed by atoms with Gasteiger partial charge in [-0.1, -0.05) is 37.1 Å². The largest absolute Gasteiger partial charge is 0.423 e. The van der Waals surface area contributed by atoms with Crippen molar-refractivity contribution in [2.45, 2.75) is 25.7 Å². The van der Waals surface area contributed by atoms with Crippen LogP contribution in [0.2, 0.25) is 0 Å². The zero-order chi connectivity index (χ0) is 18.4. The lowest BCUT2D eigenvalue weighted by atomic mass is 10.00. The molecule has 0 aliphatic rings. The second kappa shape index (κ2) is 4.95. The Balaban J connectivity index is 2.29. The number of hydrogen-bond donors (Lipinski definition) is 0. The molecule has 2 nitrogen and oxygen atoms in total. The van der Waals surface area contributed by atoms with E-state index in [2.05, 4.69) is 0 Å². The molecule has 132 valence electrons. The summed E-state index contributed by atoms with van der Waals surface area (Å²) < 4.78 is 68.2. The van der Waals surface area contributed by atoms with Crippen LogP contribution in [0.25, 0.3) is 0 Å². The Labute approximate surface area is 136 Å². The fourth-order valence-corrected chi connectivity index (χ4v) is 3.08. The summed E-state index contributed by atoms with van der Waals surface area (Å²) in [6.45, 7) is 5.26. The summed E-state index contributed by atoms with van der Waals surface area (Å²) in [6.07, 6.45) is 0. The van der Waals surface area contributed by atoms with Gasteiger partial charge in [-0.05, 0) is 56.2 Å². The van der Waals surface area contributed by atoms with Crippen LogP contribution in [0.1, 0.15) is 27.0 Å². The van der Waals surface area contributed by atoms with Crippen LogP contribution in [0.3, 0.4) is 0 Å². The molecule has 0 aromatic heterocycles. The Morgan fingerprint density at radius 1 is 0.875 bits per heavy atom. The highest BCUT2D eigenvalue weighted by Gasteiger charge is 2.65. The van der Waals surface area contributed by atoms with Crippen molar-refractivity contribution in [2.24, 2.45) is 0 Å². The van der Waals surface area contributed by atoms with E-state index in [4.69, 9.17) is 4.74 Å². The van der Waals surface area contributed by atoms with Gasteiger partial charge in [-0.2, -0.15) is 0 Å². The van der Waals surface area contributed by atoms with Crippen LogP contribution < -0.4 is 4.74 Å². The fraction of sp³-hybridized carbons (Fsp3) is 0.188. The van der Waals surface area contributed by atoms with Crippen LogP contribution in [-0.4, -0.2) is 5.97 Å². The molecule has 0 amide bonds. The van der Waals surface area contributed by atoms with E-state index in [1.54, 1.807) is 26.0 Å². The Bertz CT molecular complexity index is 788. The molecule has 0 bridgehead atoms. The number of ether oxygens (including phenoxy) is 1. The molecule has 0 aliphatic carbocycles. The number of carbonyl (C=O) groups excluding carboxylic acids is 1. The first-order valence-corrected chi connectivity index (χ1v) is 8.77. The molecule has 2 aromatic carbocycles. The lowest BCUT2D eigenvalue weighted by Crippen LogP contribution is -2.13. The van der Waals surface area contributed by atoms with Gasteiger partial charge >= 0.3 is 16.2 Å². The highest BCUT2D eigenvalue weighted by atomic mass is 32.5. The molecule has 0 saturated carbocycles. The number of hydrogen-bond acceptors (Lipinski definition) is 2. The standard InChI is InChI=1S/C16H15F5O2S/c1-10-8-11(2)15(12(3)9-10)16(22)23-13-4-6-14(7-5-13)24(17,18,19,20)21/h4-9H,1-3H3. The number of halogens is 5. The summed E-state index contributed by atoms with van der Waals surface area (Å²) in [5.74, 6) is -1.00. The average molecular weight is 366 g/mol. The van der Waals surface area contributed by atoms with Crippen molar-refractivity contribution in [1.82, 2.24) is 0 Å². The molecule has 2 aromatic rings. The summed E-state index contributed by atoms with van der Waals surface area (Å²) in [5.41, 5.74) is 2.54. The van der Waals surface area contributed by atoms with Crippen LogP contribution in [0.15, 0.2) is 41.3 Å². The molecule has 0 fully saturated rings. The van der Waals surface area contributed by atoms with Crippen molar-refractivity contribution >= 4 is 16.2 Å². The third-order valence-corrected chi connectivity index (χ3v) is 4.52. The van der Waals surface area contributed by atoms with Crippen molar-refractivity contribution in [1.29, 1.82) is 0 Å². The SMILES string of the molecule is Cc1cc(C)c(C(=O)Oc2ccc(S(F)(F)(F)(F)F)cc2)c(C)c1. The van der Waals surface area contributed by atoms with Crippen LogP contribution in [-0.2, 0) is 0 Å². The minimum atomic E-state index is -9.73. The Kier molecular flexibility index (Phi) is 3.77. The van der Waals surface area contributed by atoms with Crippen molar-refractivity contribution in [2.75, 3.05) is 0 Å². The summed E-state index contributed by atoms with van der Waals surface area (Å²) in [6, 6.07) is 5.34. The number of carbonyl (C=O) groups is 1. The van der Waals surface area contributed by atoms with E-state index < -0.39 is 21.1 Å². The van der Waals surface area contributed by atoms with Gasteiger partial charge in [0, 0.05) is 0 Å². The average Bonchev–Trinajstić information content (AvgIpc) is 2.35. The first-order chi connectivity index (χ1) is 10.7. The second-order valence-electron chi connectivity index (χ2n) is 5.60. The molecule has 0 unspecified atom stereocenters. The molecule has 0 heterocycles. The maximum atomic E-state index is 12.6. The van der Waals surface area contributed by atoms with Gasteiger partial charge in [0.25, 0.3) is 0 Å². The predicted molar refractivity (Wildman–Crippen MR) is 83.5 cm³/mol. The third kappa shape index (κ3) is 4.05. The first-order valence-electron chi connectivity index (χ1n) is 6.81. The quantitative estimate of drug-likeness (QED) is 0.353. The van der Waals surface area contributed by atoms with Gasteiger partial charge in [-0.25, -0.2) is 4.79 Å². The number of aryl methyl sites for hydroxylation is 3. The molecule has 0 radical (unpaired) electrons. The minimum absolute atomic E-state index is 0.207. The van der Waals surface area contributed by atoms with Gasteiger partial charge in [0.1, 0.15) is 10.6 Å². The van der Waals surface area contributed by atoms with Crippen molar-refractivity contribution < 1.29 is 29.0 Å². The van der Waals surface area contributed by atoms with Gasteiger partial charge in [0.05, 0.1) is 5.56 Å². The molecule has 0 saturated heterocycles. The highest BCUT2D eigenvalue weighted by molar-refractivity contribution is 8.45. The molecule has 24 heavy (non-hydrogen) atoms. The van der Waals surface area contributed by atoms with Gasteiger partial charge in [0.15, 0.2) is 0 Å². The lowest BCUT2D eigenvalue weighted by molar-refractivity contribution is 0.0733. The smallest absolute Gasteiger partial charge is 0.344 e. The van der Waals surface area contributed by atoms with Crippen molar-refractivity contribution in [3.63, 3.8) is 0 Å². The van der Waals surface area contributed by atoms with E-state index >= 15 is 0 Å². The predicted octanol–water partition coefficient (Wildman–Crippen LogP) is 6.49. The third-order valence-electron chi connectivity index (χ3n) is 3.36. The number of benzene rings is 2. The van der Waals surface area contributed by atoms with Crippen LogP contribution >= 0.6 is 10.2 Å². The lowest BCUT2D eigenvalue weighted by Gasteiger charge is -2.40. The molecule has 0 atom stereocenters. The topological polar surface area (TPSA) is 26.3 Å². The molecule has 0 N–H and O–H groups in total. The Morgan fingerprint density at radius 3 is 1.75 bits per heavy atom. The van der Waals surface area contributed by atoms with E-state index in [1.807, 2.05) is 6.92 Å². The van der Waals surface area contributed by atoms with E-state index in [9.17, 15) is 24.2 Å². The summed E-state index contributed by atoms with van der Waals surface area (Å²) >= 11 is 0. The zero-order valence-electron chi connectivity index (χ0n) is 13.1. The van der Waals surface area contributed by atoms with E-state index in [-0.39, 0.29) is 23.4 Å². The van der Waals surface area contributed by atoms with Crippen molar-refractivity contribution in [3.05, 3.63) is 58.7 Å². The van der Waals surface area contributed by atoms with E-state index in [0.717, 1.165) is 5.56 Å². The van der Waals surface area contributed by atoms with Crippen LogP contribution in [0.5, 0.6) is 5.75 Å². The second-order valence-corrected chi connectivity index (χ2v) is 8.01. The summed E-state index contributed by atoms with van der Waals surface area (Å²) in [7, 11) is -9.73. The van der Waals surface area contributed by atoms with Gasteiger partial charge in [0.2, 0.25) is 0 Å². The van der Waals surface area contributed by atoms with E-state index in [0.29, 0.717) is 23.3 Å². The Hall–Kier alpha value is -2.09. The molecule has 2 rings (SSSR count). The van der Waals surface area contributed by atoms with Gasteiger partial charge in [-0.3, -0.25) is 0 Å². The fourth-order valence-electron chi connectivity index (χ4n) is 2.42. The van der Waals surface area contributed by atoms with Gasteiger partial charge < -0.3 is 4.74 Å². The number of rotatable bonds is 3. The molecular formula is C16H15F5O2S.